The van der Waals surface area contributed by atoms with Gasteiger partial charge in [-0.15, -0.1) is 11.3 Å². The van der Waals surface area contributed by atoms with Crippen LogP contribution in [0.3, 0.4) is 0 Å². The quantitative estimate of drug-likeness (QED) is 0.789. The normalized spacial score (nSPS) is 11.6. The Balaban J connectivity index is 2.13. The van der Waals surface area contributed by atoms with E-state index in [0.717, 1.165) is 14.7 Å². The Kier molecular flexibility index (Phi) is 4.87. The van der Waals surface area contributed by atoms with E-state index >= 15 is 0 Å². The minimum Gasteiger partial charge on any atom is -0.456 e. The number of nitrogens with one attached hydrogen (secondary N) is 1. The van der Waals surface area contributed by atoms with Gasteiger partial charge in [0.25, 0.3) is 10.0 Å². The van der Waals surface area contributed by atoms with Gasteiger partial charge in [0.05, 0.1) is 3.79 Å². The molecule has 0 spiro atoms. The van der Waals surface area contributed by atoms with Gasteiger partial charge in [-0.2, -0.15) is 0 Å². The third kappa shape index (κ3) is 3.73. The summed E-state index contributed by atoms with van der Waals surface area (Å²) in [5, 5.41) is -0.312. The molecule has 0 saturated heterocycles. The van der Waals surface area contributed by atoms with Crippen LogP contribution in [0.25, 0.3) is 0 Å². The van der Waals surface area contributed by atoms with Crippen molar-refractivity contribution in [3.63, 3.8) is 0 Å². The maximum absolute atomic E-state index is 12.0. The van der Waals surface area contributed by atoms with Crippen LogP contribution in [-0.2, 0) is 21.4 Å². The molecule has 0 aliphatic carbocycles. The first-order valence-electron chi connectivity index (χ1n) is 5.79. The van der Waals surface area contributed by atoms with Crippen LogP contribution in [0.15, 0.2) is 31.5 Å². The van der Waals surface area contributed by atoms with E-state index in [1.807, 2.05) is 12.1 Å². The number of aryl methyl sites for hydroxylation is 1. The molecule has 0 amide bonds. The Morgan fingerprint density at radius 1 is 1.48 bits per heavy atom. The predicted octanol–water partition coefficient (Wildman–Crippen LogP) is 2.68. The summed E-state index contributed by atoms with van der Waals surface area (Å²) in [5.41, 5.74) is 0.0967. The van der Waals surface area contributed by atoms with Crippen molar-refractivity contribution in [1.82, 2.24) is 4.72 Å². The van der Waals surface area contributed by atoms with Crippen LogP contribution in [0.1, 0.15) is 21.0 Å². The second-order valence-electron chi connectivity index (χ2n) is 4.02. The van der Waals surface area contributed by atoms with Gasteiger partial charge >= 0.3 is 5.97 Å². The fraction of sp³-hybridized carbons (Fsp3) is 0.250. The summed E-state index contributed by atoms with van der Waals surface area (Å²) in [5.74, 6) is -0.431. The summed E-state index contributed by atoms with van der Waals surface area (Å²) >= 11 is 4.77. The first-order chi connectivity index (χ1) is 9.83. The monoisotopic (exact) mass is 393 g/mol. The molecule has 0 bridgehead atoms. The molecule has 0 fully saturated rings. The molecule has 0 aliphatic rings. The number of ether oxygens (including phenoxy) is 1. The molecule has 114 valence electrons. The van der Waals surface area contributed by atoms with Crippen LogP contribution in [0.4, 0.5) is 0 Å². The van der Waals surface area contributed by atoms with Crippen molar-refractivity contribution >= 4 is 43.3 Å². The highest BCUT2D eigenvalue weighted by Gasteiger charge is 2.23. The number of esters is 1. The summed E-state index contributed by atoms with van der Waals surface area (Å²) in [6.07, 6.45) is 0. The molecule has 6 nitrogen and oxygen atoms in total. The number of carbonyl (C=O) groups is 1. The lowest BCUT2D eigenvalue weighted by Gasteiger charge is -2.01. The number of rotatable bonds is 5. The average molecular weight is 394 g/mol. The highest BCUT2D eigenvalue weighted by molar-refractivity contribution is 9.11. The largest absolute Gasteiger partial charge is 0.456 e. The number of halogens is 1. The van der Waals surface area contributed by atoms with Crippen molar-refractivity contribution in [2.45, 2.75) is 18.6 Å². The third-order valence-electron chi connectivity index (χ3n) is 2.62. The number of hydrogen-bond donors (Lipinski definition) is 1. The number of thiophene rings is 1. The maximum atomic E-state index is 12.0. The first-order valence-corrected chi connectivity index (χ1v) is 8.88. The fourth-order valence-corrected chi connectivity index (χ4v) is 3.64. The van der Waals surface area contributed by atoms with E-state index in [9.17, 15) is 13.2 Å². The van der Waals surface area contributed by atoms with E-state index in [-0.39, 0.29) is 23.0 Å². The Labute approximate surface area is 134 Å². The lowest BCUT2D eigenvalue weighted by atomic mass is 10.3. The highest BCUT2D eigenvalue weighted by Crippen LogP contribution is 2.24. The van der Waals surface area contributed by atoms with Gasteiger partial charge in [-0.25, -0.2) is 17.9 Å². The minimum absolute atomic E-state index is 0.0967. The summed E-state index contributed by atoms with van der Waals surface area (Å²) in [7, 11) is -2.46. The lowest BCUT2D eigenvalue weighted by molar-refractivity contribution is 0.0475. The molecule has 0 saturated carbocycles. The molecule has 2 rings (SSSR count). The molecule has 21 heavy (non-hydrogen) atoms. The zero-order valence-electron chi connectivity index (χ0n) is 11.2. The van der Waals surface area contributed by atoms with E-state index < -0.39 is 16.0 Å². The molecule has 2 aromatic heterocycles. The summed E-state index contributed by atoms with van der Waals surface area (Å²) in [6.45, 7) is 1.63. The number of carbonyl (C=O) groups excluding carboxylic acids is 1. The Bertz CT molecular complexity index is 762. The van der Waals surface area contributed by atoms with Crippen LogP contribution >= 0.6 is 27.3 Å². The smallest absolute Gasteiger partial charge is 0.342 e. The fourth-order valence-electron chi connectivity index (χ4n) is 1.53. The molecule has 0 aromatic carbocycles. The van der Waals surface area contributed by atoms with Gasteiger partial charge in [-0.05, 0) is 42.0 Å². The van der Waals surface area contributed by atoms with E-state index in [1.54, 1.807) is 0 Å². The Hall–Kier alpha value is -1.16. The second kappa shape index (κ2) is 6.30. The van der Waals surface area contributed by atoms with Gasteiger partial charge in [0.15, 0.2) is 0 Å². The second-order valence-corrected chi connectivity index (χ2v) is 8.39. The molecule has 9 heteroatoms. The number of furan rings is 1. The molecular formula is C12H12BrNO5S2. The number of sulfonamides is 1. The standard InChI is InChI=1S/C12H12BrNO5S2/c1-7-9(5-11(19-7)21(16,17)14-2)12(15)18-6-8-3-4-10(13)20-8/h3-5,14H,6H2,1-2H3. The molecule has 0 aliphatic heterocycles. The zero-order chi connectivity index (χ0) is 15.6. The van der Waals surface area contributed by atoms with E-state index in [2.05, 4.69) is 20.7 Å². The van der Waals surface area contributed by atoms with Gasteiger partial charge in [0.2, 0.25) is 5.09 Å². The SMILES string of the molecule is CNS(=O)(=O)c1cc(C(=O)OCc2ccc(Br)s2)c(C)o1. The van der Waals surface area contributed by atoms with Gasteiger partial charge < -0.3 is 9.15 Å². The first kappa shape index (κ1) is 16.2. The van der Waals surface area contributed by atoms with Gasteiger partial charge in [0, 0.05) is 10.9 Å². The van der Waals surface area contributed by atoms with Gasteiger partial charge in [-0.1, -0.05) is 0 Å². The summed E-state index contributed by atoms with van der Waals surface area (Å²) < 4.78 is 36.5. The van der Waals surface area contributed by atoms with Crippen molar-refractivity contribution in [1.29, 1.82) is 0 Å². The molecule has 1 N–H and O–H groups in total. The molecule has 0 unspecified atom stereocenters. The molecule has 2 aromatic rings. The minimum atomic E-state index is -3.73. The predicted molar refractivity (Wildman–Crippen MR) is 80.8 cm³/mol. The zero-order valence-corrected chi connectivity index (χ0v) is 14.4. The summed E-state index contributed by atoms with van der Waals surface area (Å²) in [4.78, 5) is 12.8. The van der Waals surface area contributed by atoms with Crippen LogP contribution in [0.2, 0.25) is 0 Å². The summed E-state index contributed by atoms with van der Waals surface area (Å²) in [6, 6.07) is 4.85. The van der Waals surface area contributed by atoms with Gasteiger partial charge in [-0.3, -0.25) is 0 Å². The van der Waals surface area contributed by atoms with E-state index in [4.69, 9.17) is 9.15 Å². The van der Waals surface area contributed by atoms with Crippen LogP contribution < -0.4 is 4.72 Å². The highest BCUT2D eigenvalue weighted by atomic mass is 79.9. The average Bonchev–Trinajstić information content (AvgIpc) is 3.02. The molecule has 0 radical (unpaired) electrons. The van der Waals surface area contributed by atoms with E-state index in [0.29, 0.717) is 0 Å². The van der Waals surface area contributed by atoms with Crippen molar-refractivity contribution < 1.29 is 22.4 Å². The van der Waals surface area contributed by atoms with Crippen LogP contribution in [-0.4, -0.2) is 21.4 Å². The Morgan fingerprint density at radius 3 is 2.76 bits per heavy atom. The Morgan fingerprint density at radius 2 is 2.19 bits per heavy atom. The third-order valence-corrected chi connectivity index (χ3v) is 5.49. The van der Waals surface area contributed by atoms with Gasteiger partial charge in [0.1, 0.15) is 17.9 Å². The van der Waals surface area contributed by atoms with E-state index in [1.165, 1.54) is 25.3 Å². The molecule has 2 heterocycles. The van der Waals surface area contributed by atoms with Crippen molar-refractivity contribution in [3.05, 3.63) is 38.2 Å². The maximum Gasteiger partial charge on any atom is 0.342 e. The molecular weight excluding hydrogens is 382 g/mol. The van der Waals surface area contributed by atoms with Crippen molar-refractivity contribution in [2.24, 2.45) is 0 Å². The molecule has 0 atom stereocenters. The number of hydrogen-bond acceptors (Lipinski definition) is 6. The lowest BCUT2D eigenvalue weighted by Crippen LogP contribution is -2.17. The van der Waals surface area contributed by atoms with Crippen LogP contribution in [0.5, 0.6) is 0 Å². The van der Waals surface area contributed by atoms with Crippen molar-refractivity contribution in [2.75, 3.05) is 7.05 Å². The van der Waals surface area contributed by atoms with Crippen LogP contribution in [0, 0.1) is 6.92 Å². The van der Waals surface area contributed by atoms with Crippen molar-refractivity contribution in [3.8, 4) is 0 Å². The topological polar surface area (TPSA) is 85.6 Å².